The zero-order chi connectivity index (χ0) is 20.5. The van der Waals surface area contributed by atoms with E-state index in [1.54, 1.807) is 7.11 Å². The molecule has 0 spiro atoms. The normalized spacial score (nSPS) is 13.8. The van der Waals surface area contributed by atoms with Gasteiger partial charge in [-0.15, -0.1) is 0 Å². The summed E-state index contributed by atoms with van der Waals surface area (Å²) in [7, 11) is 1.67. The zero-order valence-corrected chi connectivity index (χ0v) is 17.4. The molecule has 0 bridgehead atoms. The molecule has 5 rings (SSSR count). The largest absolute Gasteiger partial charge is 0.491 e. The van der Waals surface area contributed by atoms with Crippen LogP contribution in [0.25, 0.3) is 27.8 Å². The fraction of sp³-hybridized carbons (Fsp3) is 0.333. The van der Waals surface area contributed by atoms with E-state index in [2.05, 4.69) is 41.0 Å². The summed E-state index contributed by atoms with van der Waals surface area (Å²) in [5, 5.41) is 10.7. The number of hydrogen-bond acceptors (Lipinski definition) is 4. The van der Waals surface area contributed by atoms with E-state index >= 15 is 0 Å². The van der Waals surface area contributed by atoms with E-state index in [1.807, 2.05) is 35.1 Å². The Balaban J connectivity index is 1.48. The number of nitrogens with zero attached hydrogens (tertiary/aromatic N) is 4. The highest BCUT2D eigenvalue weighted by Gasteiger charge is 2.27. The Bertz CT molecular complexity index is 1160. The number of fused-ring (bicyclic) bond motifs is 1. The average molecular weight is 402 g/mol. The molecule has 0 aliphatic heterocycles. The van der Waals surface area contributed by atoms with Crippen LogP contribution in [0, 0.1) is 0 Å². The lowest BCUT2D eigenvalue weighted by molar-refractivity contribution is 0.146. The third-order valence-electron chi connectivity index (χ3n) is 5.59. The second kappa shape index (κ2) is 7.95. The van der Waals surface area contributed by atoms with Gasteiger partial charge in [0.1, 0.15) is 12.4 Å². The standard InChI is InChI=1S/C24H26N4O2/c1-3-22-21-11-4-17(16-24(21)28(26-22)19-5-6-19)23-12-13-25-27(23)18-7-9-20(10-8-18)30-15-14-29-2/h4,7-13,16,19H,3,5-6,14-15H2,1-2H3. The van der Waals surface area contributed by atoms with E-state index in [1.165, 1.54) is 29.4 Å². The molecule has 0 amide bonds. The molecule has 4 aromatic rings. The van der Waals surface area contributed by atoms with Crippen LogP contribution in [0.4, 0.5) is 0 Å². The van der Waals surface area contributed by atoms with Crippen LogP contribution < -0.4 is 4.74 Å². The first-order valence-corrected chi connectivity index (χ1v) is 10.6. The summed E-state index contributed by atoms with van der Waals surface area (Å²) in [5.74, 6) is 0.825. The van der Waals surface area contributed by atoms with Crippen LogP contribution >= 0.6 is 0 Å². The van der Waals surface area contributed by atoms with Crippen molar-refractivity contribution in [3.05, 3.63) is 60.4 Å². The summed E-state index contributed by atoms with van der Waals surface area (Å²) in [6, 6.07) is 17.2. The topological polar surface area (TPSA) is 54.1 Å². The van der Waals surface area contributed by atoms with E-state index in [4.69, 9.17) is 14.6 Å². The summed E-state index contributed by atoms with van der Waals surface area (Å²) >= 11 is 0. The monoisotopic (exact) mass is 402 g/mol. The molecule has 6 heteroatoms. The lowest BCUT2D eigenvalue weighted by Crippen LogP contribution is -2.04. The summed E-state index contributed by atoms with van der Waals surface area (Å²) < 4.78 is 14.9. The highest BCUT2D eigenvalue weighted by molar-refractivity contribution is 5.86. The van der Waals surface area contributed by atoms with E-state index in [9.17, 15) is 0 Å². The molecule has 0 unspecified atom stereocenters. The molecule has 30 heavy (non-hydrogen) atoms. The molecule has 6 nitrogen and oxygen atoms in total. The van der Waals surface area contributed by atoms with Crippen molar-refractivity contribution < 1.29 is 9.47 Å². The predicted molar refractivity (Wildman–Crippen MR) is 117 cm³/mol. The molecule has 0 radical (unpaired) electrons. The van der Waals surface area contributed by atoms with Gasteiger partial charge < -0.3 is 9.47 Å². The van der Waals surface area contributed by atoms with Crippen LogP contribution in [0.1, 0.15) is 31.5 Å². The minimum Gasteiger partial charge on any atom is -0.491 e. The van der Waals surface area contributed by atoms with Crippen LogP contribution in [0.3, 0.4) is 0 Å². The second-order valence-electron chi connectivity index (χ2n) is 7.67. The van der Waals surface area contributed by atoms with Crippen molar-refractivity contribution in [3.63, 3.8) is 0 Å². The molecular weight excluding hydrogens is 376 g/mol. The quantitative estimate of drug-likeness (QED) is 0.397. The third kappa shape index (κ3) is 3.48. The Hall–Kier alpha value is -3.12. The van der Waals surface area contributed by atoms with Crippen LogP contribution in [-0.2, 0) is 11.2 Å². The molecule has 154 valence electrons. The van der Waals surface area contributed by atoms with Gasteiger partial charge in [-0.05, 0) is 55.7 Å². The molecule has 2 aromatic heterocycles. The maximum absolute atomic E-state index is 5.67. The summed E-state index contributed by atoms with van der Waals surface area (Å²) in [4.78, 5) is 0. The van der Waals surface area contributed by atoms with E-state index in [0.717, 1.165) is 29.1 Å². The first-order chi connectivity index (χ1) is 14.8. The van der Waals surface area contributed by atoms with Crippen molar-refractivity contribution >= 4 is 10.9 Å². The SMILES string of the molecule is CCc1nn(C2CC2)c2cc(-c3ccnn3-c3ccc(OCCOC)cc3)ccc12. The Labute approximate surface area is 176 Å². The van der Waals surface area contributed by atoms with E-state index in [0.29, 0.717) is 19.3 Å². The number of methoxy groups -OCH3 is 1. The van der Waals surface area contributed by atoms with Crippen LogP contribution in [0.2, 0.25) is 0 Å². The van der Waals surface area contributed by atoms with Gasteiger partial charge in [-0.25, -0.2) is 4.68 Å². The van der Waals surface area contributed by atoms with Crippen LogP contribution in [0.15, 0.2) is 54.7 Å². The second-order valence-corrected chi connectivity index (χ2v) is 7.67. The van der Waals surface area contributed by atoms with Gasteiger partial charge in [-0.2, -0.15) is 10.2 Å². The van der Waals surface area contributed by atoms with E-state index in [-0.39, 0.29) is 0 Å². The summed E-state index contributed by atoms with van der Waals surface area (Å²) in [5.41, 5.74) is 5.61. The predicted octanol–water partition coefficient (Wildman–Crippen LogP) is 4.81. The maximum atomic E-state index is 5.67. The minimum atomic E-state index is 0.539. The van der Waals surface area contributed by atoms with Gasteiger partial charge in [0, 0.05) is 18.1 Å². The van der Waals surface area contributed by atoms with Gasteiger partial charge in [-0.3, -0.25) is 4.68 Å². The fourth-order valence-corrected chi connectivity index (χ4v) is 3.88. The number of ether oxygens (including phenoxy) is 2. The van der Waals surface area contributed by atoms with Crippen molar-refractivity contribution in [2.45, 2.75) is 32.2 Å². The highest BCUT2D eigenvalue weighted by Crippen LogP contribution is 2.38. The van der Waals surface area contributed by atoms with Crippen molar-refractivity contribution in [2.75, 3.05) is 20.3 Å². The molecule has 1 aliphatic rings. The summed E-state index contributed by atoms with van der Waals surface area (Å²) in [6.07, 6.45) is 5.24. The van der Waals surface area contributed by atoms with Crippen molar-refractivity contribution in [3.8, 4) is 22.7 Å². The maximum Gasteiger partial charge on any atom is 0.119 e. The van der Waals surface area contributed by atoms with Gasteiger partial charge in [0.25, 0.3) is 0 Å². The van der Waals surface area contributed by atoms with Crippen LogP contribution in [-0.4, -0.2) is 39.9 Å². The van der Waals surface area contributed by atoms with Gasteiger partial charge in [0.15, 0.2) is 0 Å². The molecule has 2 aromatic carbocycles. The average Bonchev–Trinajstić information content (AvgIpc) is 3.38. The molecule has 0 saturated heterocycles. The van der Waals surface area contributed by atoms with Crippen molar-refractivity contribution in [2.24, 2.45) is 0 Å². The molecule has 0 atom stereocenters. The van der Waals surface area contributed by atoms with Crippen molar-refractivity contribution in [1.29, 1.82) is 0 Å². The first kappa shape index (κ1) is 18.9. The number of hydrogen-bond donors (Lipinski definition) is 0. The third-order valence-corrected chi connectivity index (χ3v) is 5.59. The minimum absolute atomic E-state index is 0.539. The molecule has 0 N–H and O–H groups in total. The lowest BCUT2D eigenvalue weighted by Gasteiger charge is -2.10. The Kier molecular flexibility index (Phi) is 5.01. The number of rotatable bonds is 8. The smallest absolute Gasteiger partial charge is 0.119 e. The Morgan fingerprint density at radius 3 is 2.60 bits per heavy atom. The highest BCUT2D eigenvalue weighted by atomic mass is 16.5. The van der Waals surface area contributed by atoms with Gasteiger partial charge in [-0.1, -0.05) is 19.1 Å². The van der Waals surface area contributed by atoms with Gasteiger partial charge in [0.2, 0.25) is 0 Å². The first-order valence-electron chi connectivity index (χ1n) is 10.6. The molecule has 1 aliphatic carbocycles. The summed E-state index contributed by atoms with van der Waals surface area (Å²) in [6.45, 7) is 3.28. The Morgan fingerprint density at radius 1 is 1.03 bits per heavy atom. The number of aryl methyl sites for hydroxylation is 1. The van der Waals surface area contributed by atoms with E-state index < -0.39 is 0 Å². The fourth-order valence-electron chi connectivity index (χ4n) is 3.88. The molecule has 1 saturated carbocycles. The van der Waals surface area contributed by atoms with Gasteiger partial charge >= 0.3 is 0 Å². The van der Waals surface area contributed by atoms with Gasteiger partial charge in [0.05, 0.1) is 41.4 Å². The number of aromatic nitrogens is 4. The van der Waals surface area contributed by atoms with Crippen LogP contribution in [0.5, 0.6) is 5.75 Å². The molecule has 2 heterocycles. The van der Waals surface area contributed by atoms with Crippen molar-refractivity contribution in [1.82, 2.24) is 19.6 Å². The zero-order valence-electron chi connectivity index (χ0n) is 17.4. The molecular formula is C24H26N4O2. The lowest BCUT2D eigenvalue weighted by atomic mass is 10.1. The number of benzene rings is 2. The molecule has 1 fully saturated rings. The Morgan fingerprint density at radius 2 is 1.87 bits per heavy atom.